The van der Waals surface area contributed by atoms with Crippen molar-refractivity contribution in [1.82, 2.24) is 15.1 Å². The van der Waals surface area contributed by atoms with Crippen molar-refractivity contribution in [3.05, 3.63) is 63.4 Å². The standard InChI is InChI=1S/C19H17Cl3N4O2/c1-11(26(2)10-17(27)23-14-6-3-12(20)4-7-14)18-24-25-19(28-18)15-8-5-13(21)9-16(15)22/h3-9,11H,10H2,1-2H3,(H,23,27)/t11-/m1/s1. The van der Waals surface area contributed by atoms with Crippen molar-refractivity contribution in [2.75, 3.05) is 18.9 Å². The quantitative estimate of drug-likeness (QED) is 0.562. The smallest absolute Gasteiger partial charge is 0.249 e. The van der Waals surface area contributed by atoms with Gasteiger partial charge in [-0.05, 0) is 56.4 Å². The molecule has 0 fully saturated rings. The van der Waals surface area contributed by atoms with E-state index in [1.165, 1.54) is 0 Å². The van der Waals surface area contributed by atoms with Crippen LogP contribution in [-0.4, -0.2) is 34.6 Å². The maximum absolute atomic E-state index is 12.3. The van der Waals surface area contributed by atoms with Gasteiger partial charge in [0.05, 0.1) is 23.2 Å². The van der Waals surface area contributed by atoms with E-state index in [9.17, 15) is 4.79 Å². The van der Waals surface area contributed by atoms with Gasteiger partial charge in [0.2, 0.25) is 17.7 Å². The minimum absolute atomic E-state index is 0.142. The maximum atomic E-state index is 12.3. The number of hydrogen-bond acceptors (Lipinski definition) is 5. The Bertz CT molecular complexity index is 976. The lowest BCUT2D eigenvalue weighted by Crippen LogP contribution is -2.32. The van der Waals surface area contributed by atoms with Crippen molar-refractivity contribution in [2.24, 2.45) is 0 Å². The van der Waals surface area contributed by atoms with Gasteiger partial charge in [-0.25, -0.2) is 0 Å². The summed E-state index contributed by atoms with van der Waals surface area (Å²) in [7, 11) is 1.80. The Labute approximate surface area is 177 Å². The molecular formula is C19H17Cl3N4O2. The molecule has 1 aromatic heterocycles. The van der Waals surface area contributed by atoms with Gasteiger partial charge in [-0.3, -0.25) is 9.69 Å². The summed E-state index contributed by atoms with van der Waals surface area (Å²) in [5.41, 5.74) is 1.27. The summed E-state index contributed by atoms with van der Waals surface area (Å²) in [5.74, 6) is 0.502. The summed E-state index contributed by atoms with van der Waals surface area (Å²) in [6.45, 7) is 2.01. The summed E-state index contributed by atoms with van der Waals surface area (Å²) < 4.78 is 5.75. The molecule has 3 aromatic rings. The molecule has 1 atom stereocenters. The van der Waals surface area contributed by atoms with Crippen LogP contribution in [0.25, 0.3) is 11.5 Å². The SMILES string of the molecule is C[C@H](c1nnc(-c2ccc(Cl)cc2Cl)o1)N(C)CC(=O)Nc1ccc(Cl)cc1. The lowest BCUT2D eigenvalue weighted by Gasteiger charge is -2.21. The van der Waals surface area contributed by atoms with Crippen LogP contribution in [0.15, 0.2) is 46.9 Å². The van der Waals surface area contributed by atoms with Crippen LogP contribution in [0, 0.1) is 0 Å². The number of rotatable bonds is 6. The number of nitrogens with zero attached hydrogens (tertiary/aromatic N) is 3. The summed E-state index contributed by atoms with van der Waals surface area (Å²) in [4.78, 5) is 14.1. The molecule has 1 amide bonds. The maximum Gasteiger partial charge on any atom is 0.249 e. The van der Waals surface area contributed by atoms with Gasteiger partial charge in [-0.1, -0.05) is 34.8 Å². The average Bonchev–Trinajstić information content (AvgIpc) is 3.12. The van der Waals surface area contributed by atoms with E-state index in [2.05, 4.69) is 15.5 Å². The molecule has 1 heterocycles. The molecule has 0 aliphatic carbocycles. The summed E-state index contributed by atoms with van der Waals surface area (Å²) in [6.07, 6.45) is 0. The molecule has 0 saturated heterocycles. The van der Waals surface area contributed by atoms with E-state index in [1.54, 1.807) is 54.4 Å². The highest BCUT2D eigenvalue weighted by molar-refractivity contribution is 6.36. The topological polar surface area (TPSA) is 71.3 Å². The Kier molecular flexibility index (Phi) is 6.57. The van der Waals surface area contributed by atoms with Gasteiger partial charge in [-0.15, -0.1) is 10.2 Å². The highest BCUT2D eigenvalue weighted by Gasteiger charge is 2.21. The number of amides is 1. The van der Waals surface area contributed by atoms with Crippen molar-refractivity contribution in [1.29, 1.82) is 0 Å². The number of aromatic nitrogens is 2. The van der Waals surface area contributed by atoms with Gasteiger partial charge in [0.15, 0.2) is 0 Å². The molecule has 9 heteroatoms. The van der Waals surface area contributed by atoms with E-state index in [1.807, 2.05) is 6.92 Å². The van der Waals surface area contributed by atoms with Gasteiger partial charge in [0, 0.05) is 15.7 Å². The van der Waals surface area contributed by atoms with Crippen LogP contribution >= 0.6 is 34.8 Å². The van der Waals surface area contributed by atoms with Crippen molar-refractivity contribution in [2.45, 2.75) is 13.0 Å². The number of carbonyl (C=O) groups is 1. The van der Waals surface area contributed by atoms with E-state index in [-0.39, 0.29) is 18.5 Å². The fourth-order valence-electron chi connectivity index (χ4n) is 2.46. The second kappa shape index (κ2) is 8.92. The fraction of sp³-hybridized carbons (Fsp3) is 0.211. The lowest BCUT2D eigenvalue weighted by atomic mass is 10.2. The molecule has 3 rings (SSSR count). The first-order valence-corrected chi connectivity index (χ1v) is 9.51. The van der Waals surface area contributed by atoms with E-state index < -0.39 is 0 Å². The van der Waals surface area contributed by atoms with E-state index in [0.717, 1.165) is 0 Å². The van der Waals surface area contributed by atoms with E-state index >= 15 is 0 Å². The van der Waals surface area contributed by atoms with Crippen LogP contribution in [-0.2, 0) is 4.79 Å². The van der Waals surface area contributed by atoms with Gasteiger partial charge in [0.25, 0.3) is 0 Å². The van der Waals surface area contributed by atoms with Crippen LogP contribution in [0.4, 0.5) is 5.69 Å². The summed E-state index contributed by atoms with van der Waals surface area (Å²) in [6, 6.07) is 11.7. The minimum Gasteiger partial charge on any atom is -0.419 e. The molecule has 0 bridgehead atoms. The third-order valence-corrected chi connectivity index (χ3v) is 4.94. The van der Waals surface area contributed by atoms with Crippen LogP contribution in [0.3, 0.4) is 0 Å². The van der Waals surface area contributed by atoms with Crippen molar-refractivity contribution < 1.29 is 9.21 Å². The predicted octanol–water partition coefficient (Wildman–Crippen LogP) is 5.33. The van der Waals surface area contributed by atoms with Crippen molar-refractivity contribution in [3.8, 4) is 11.5 Å². The van der Waals surface area contributed by atoms with E-state index in [0.29, 0.717) is 38.1 Å². The molecule has 6 nitrogen and oxygen atoms in total. The normalized spacial score (nSPS) is 12.2. The second-order valence-corrected chi connectivity index (χ2v) is 7.50. The van der Waals surface area contributed by atoms with Crippen LogP contribution in [0.5, 0.6) is 0 Å². The van der Waals surface area contributed by atoms with Gasteiger partial charge < -0.3 is 9.73 Å². The molecule has 1 N–H and O–H groups in total. The predicted molar refractivity (Wildman–Crippen MR) is 111 cm³/mol. The molecule has 0 aliphatic heterocycles. The number of hydrogen-bond donors (Lipinski definition) is 1. The number of anilines is 1. The van der Waals surface area contributed by atoms with Crippen molar-refractivity contribution >= 4 is 46.4 Å². The zero-order chi connectivity index (χ0) is 20.3. The molecule has 2 aromatic carbocycles. The fourth-order valence-corrected chi connectivity index (χ4v) is 3.08. The lowest BCUT2D eigenvalue weighted by molar-refractivity contribution is -0.117. The van der Waals surface area contributed by atoms with Gasteiger partial charge >= 0.3 is 0 Å². The number of halogens is 3. The van der Waals surface area contributed by atoms with Crippen LogP contribution < -0.4 is 5.32 Å². The molecule has 0 radical (unpaired) electrons. The Morgan fingerprint density at radius 2 is 1.79 bits per heavy atom. The number of carbonyl (C=O) groups excluding carboxylic acids is 1. The first-order valence-electron chi connectivity index (χ1n) is 8.38. The molecular weight excluding hydrogens is 423 g/mol. The first-order chi connectivity index (χ1) is 13.3. The van der Waals surface area contributed by atoms with Crippen LogP contribution in [0.1, 0.15) is 18.9 Å². The highest BCUT2D eigenvalue weighted by Crippen LogP contribution is 2.30. The Morgan fingerprint density at radius 1 is 1.11 bits per heavy atom. The number of likely N-dealkylation sites (N-methyl/N-ethyl adjacent to an activating group) is 1. The first kappa shape index (κ1) is 20.6. The Morgan fingerprint density at radius 3 is 2.46 bits per heavy atom. The molecule has 0 spiro atoms. The Balaban J connectivity index is 1.64. The Hall–Kier alpha value is -2.12. The van der Waals surface area contributed by atoms with Crippen molar-refractivity contribution in [3.63, 3.8) is 0 Å². The largest absolute Gasteiger partial charge is 0.419 e. The third kappa shape index (κ3) is 5.02. The van der Waals surface area contributed by atoms with Gasteiger partial charge in [0.1, 0.15) is 0 Å². The van der Waals surface area contributed by atoms with Crippen LogP contribution in [0.2, 0.25) is 15.1 Å². The second-order valence-electron chi connectivity index (χ2n) is 6.22. The van der Waals surface area contributed by atoms with E-state index in [4.69, 9.17) is 39.2 Å². The summed E-state index contributed by atoms with van der Waals surface area (Å²) >= 11 is 17.9. The summed E-state index contributed by atoms with van der Waals surface area (Å²) in [5, 5.41) is 12.5. The van der Waals surface area contributed by atoms with Gasteiger partial charge in [-0.2, -0.15) is 0 Å². The minimum atomic E-state index is -0.275. The molecule has 0 saturated carbocycles. The zero-order valence-electron chi connectivity index (χ0n) is 15.1. The monoisotopic (exact) mass is 438 g/mol. The molecule has 0 unspecified atom stereocenters. The average molecular weight is 440 g/mol. The molecule has 28 heavy (non-hydrogen) atoms. The number of nitrogens with one attached hydrogen (secondary N) is 1. The molecule has 146 valence electrons. The zero-order valence-corrected chi connectivity index (χ0v) is 17.4. The molecule has 0 aliphatic rings. The highest BCUT2D eigenvalue weighted by atomic mass is 35.5. The third-order valence-electron chi connectivity index (χ3n) is 4.14. The number of benzene rings is 2.